The van der Waals surface area contributed by atoms with Crippen molar-refractivity contribution in [3.8, 4) is 5.75 Å². The zero-order chi connectivity index (χ0) is 14.6. The molecule has 0 saturated carbocycles. The topological polar surface area (TPSA) is 56.3 Å². The van der Waals surface area contributed by atoms with Crippen LogP contribution in [-0.2, 0) is 9.84 Å². The van der Waals surface area contributed by atoms with Gasteiger partial charge in [0.25, 0.3) is 0 Å². The highest BCUT2D eigenvalue weighted by Crippen LogP contribution is 2.19. The molecule has 0 bridgehead atoms. The van der Waals surface area contributed by atoms with Gasteiger partial charge in [0.15, 0.2) is 5.03 Å². The second kappa shape index (κ2) is 6.07. The van der Waals surface area contributed by atoms with Gasteiger partial charge in [0, 0.05) is 10.4 Å². The van der Waals surface area contributed by atoms with Gasteiger partial charge in [-0.2, -0.15) is 0 Å². The predicted molar refractivity (Wildman–Crippen MR) is 78.5 cm³/mol. The lowest BCUT2D eigenvalue weighted by molar-refractivity contribution is 0.412. The maximum Gasteiger partial charge on any atom is 0.217 e. The van der Waals surface area contributed by atoms with Gasteiger partial charge in [-0.25, -0.2) is 13.4 Å². The van der Waals surface area contributed by atoms with E-state index in [1.54, 1.807) is 30.3 Å². The van der Waals surface area contributed by atoms with Crippen molar-refractivity contribution < 1.29 is 13.2 Å². The number of pyridine rings is 1. The van der Waals surface area contributed by atoms with E-state index < -0.39 is 9.84 Å². The van der Waals surface area contributed by atoms with Crippen molar-refractivity contribution >= 4 is 27.5 Å². The molecule has 1 heterocycles. The number of benzene rings is 1. The summed E-state index contributed by atoms with van der Waals surface area (Å²) in [5, 5.41) is 1.53. The third-order valence-corrected chi connectivity index (χ3v) is 4.23. The summed E-state index contributed by atoms with van der Waals surface area (Å²) in [4.78, 5) is 3.86. The SMILES string of the molecule is COc1ccc(S(=O)(=O)/C=C/c2ccccc2Cl)nc1. The lowest BCUT2D eigenvalue weighted by Crippen LogP contribution is -1.99. The van der Waals surface area contributed by atoms with Crippen LogP contribution in [0.5, 0.6) is 5.75 Å². The van der Waals surface area contributed by atoms with E-state index in [-0.39, 0.29) is 5.03 Å². The summed E-state index contributed by atoms with van der Waals surface area (Å²) in [5.41, 5.74) is 0.631. The second-order valence-corrected chi connectivity index (χ2v) is 6.09. The van der Waals surface area contributed by atoms with E-state index in [4.69, 9.17) is 16.3 Å². The van der Waals surface area contributed by atoms with Gasteiger partial charge in [0.05, 0.1) is 13.3 Å². The summed E-state index contributed by atoms with van der Waals surface area (Å²) in [6.45, 7) is 0. The molecule has 104 valence electrons. The zero-order valence-corrected chi connectivity index (χ0v) is 12.2. The highest BCUT2D eigenvalue weighted by Gasteiger charge is 2.12. The second-order valence-electron chi connectivity index (χ2n) is 3.91. The van der Waals surface area contributed by atoms with Gasteiger partial charge in [-0.15, -0.1) is 0 Å². The van der Waals surface area contributed by atoms with Crippen LogP contribution in [0.4, 0.5) is 0 Å². The number of aromatic nitrogens is 1. The Labute approximate surface area is 122 Å². The first-order chi connectivity index (χ1) is 9.53. The fraction of sp³-hybridized carbons (Fsp3) is 0.0714. The van der Waals surface area contributed by atoms with Gasteiger partial charge in [-0.3, -0.25) is 0 Å². The molecule has 2 aromatic rings. The smallest absolute Gasteiger partial charge is 0.217 e. The minimum atomic E-state index is -3.61. The zero-order valence-electron chi connectivity index (χ0n) is 10.7. The Kier molecular flexibility index (Phi) is 4.42. The first-order valence-electron chi connectivity index (χ1n) is 5.71. The average Bonchev–Trinajstić information content (AvgIpc) is 2.46. The lowest BCUT2D eigenvalue weighted by Gasteiger charge is -2.01. The summed E-state index contributed by atoms with van der Waals surface area (Å²) in [6, 6.07) is 9.92. The maximum atomic E-state index is 12.1. The first-order valence-corrected chi connectivity index (χ1v) is 7.63. The van der Waals surface area contributed by atoms with E-state index in [0.717, 1.165) is 5.41 Å². The Hall–Kier alpha value is -1.85. The molecule has 0 radical (unpaired) electrons. The molecule has 0 unspecified atom stereocenters. The quantitative estimate of drug-likeness (QED) is 0.870. The molecule has 0 aliphatic rings. The summed E-state index contributed by atoms with van der Waals surface area (Å²) < 4.78 is 29.1. The monoisotopic (exact) mass is 309 g/mol. The van der Waals surface area contributed by atoms with E-state index in [2.05, 4.69) is 4.98 Å². The van der Waals surface area contributed by atoms with Crippen LogP contribution < -0.4 is 4.74 Å². The molecule has 1 aromatic heterocycles. The van der Waals surface area contributed by atoms with Crippen LogP contribution in [0.1, 0.15) is 5.56 Å². The highest BCUT2D eigenvalue weighted by molar-refractivity contribution is 7.94. The number of sulfone groups is 1. The van der Waals surface area contributed by atoms with Gasteiger partial charge < -0.3 is 4.74 Å². The summed E-state index contributed by atoms with van der Waals surface area (Å²) >= 11 is 5.96. The van der Waals surface area contributed by atoms with Crippen LogP contribution in [-0.4, -0.2) is 20.5 Å². The summed E-state index contributed by atoms with van der Waals surface area (Å²) in [6.07, 6.45) is 2.81. The number of hydrogen-bond donors (Lipinski definition) is 0. The Bertz CT molecular complexity index is 724. The Morgan fingerprint density at radius 1 is 1.20 bits per heavy atom. The molecule has 0 saturated heterocycles. The van der Waals surface area contributed by atoms with Crippen LogP contribution in [0.15, 0.2) is 53.0 Å². The number of methoxy groups -OCH3 is 1. The molecule has 0 fully saturated rings. The van der Waals surface area contributed by atoms with E-state index in [9.17, 15) is 8.42 Å². The number of ether oxygens (including phenoxy) is 1. The predicted octanol–water partition coefficient (Wildman–Crippen LogP) is 3.19. The molecule has 6 heteroatoms. The van der Waals surface area contributed by atoms with Gasteiger partial charge in [-0.05, 0) is 29.8 Å². The molecule has 0 aliphatic heterocycles. The normalized spacial score (nSPS) is 11.7. The molecule has 0 N–H and O–H groups in total. The van der Waals surface area contributed by atoms with Gasteiger partial charge in [-0.1, -0.05) is 29.8 Å². The molecule has 0 amide bonds. The van der Waals surface area contributed by atoms with E-state index >= 15 is 0 Å². The van der Waals surface area contributed by atoms with Crippen molar-refractivity contribution in [3.05, 3.63) is 58.6 Å². The van der Waals surface area contributed by atoms with Crippen molar-refractivity contribution in [3.63, 3.8) is 0 Å². The summed E-state index contributed by atoms with van der Waals surface area (Å²) in [5.74, 6) is 0.499. The molecule has 20 heavy (non-hydrogen) atoms. The van der Waals surface area contributed by atoms with Crippen molar-refractivity contribution in [2.75, 3.05) is 7.11 Å². The minimum absolute atomic E-state index is 0.0402. The third-order valence-electron chi connectivity index (χ3n) is 2.57. The number of hydrogen-bond acceptors (Lipinski definition) is 4. The molecule has 0 aliphatic carbocycles. The van der Waals surface area contributed by atoms with Crippen LogP contribution >= 0.6 is 11.6 Å². The van der Waals surface area contributed by atoms with E-state index in [1.165, 1.54) is 25.4 Å². The molecule has 2 rings (SSSR count). The highest BCUT2D eigenvalue weighted by atomic mass is 35.5. The maximum absolute atomic E-state index is 12.1. The van der Waals surface area contributed by atoms with Crippen molar-refractivity contribution in [2.45, 2.75) is 5.03 Å². The van der Waals surface area contributed by atoms with Crippen molar-refractivity contribution in [2.24, 2.45) is 0 Å². The van der Waals surface area contributed by atoms with E-state index in [1.807, 2.05) is 0 Å². The molecule has 0 atom stereocenters. The van der Waals surface area contributed by atoms with Gasteiger partial charge in [0.2, 0.25) is 9.84 Å². The van der Waals surface area contributed by atoms with Crippen LogP contribution in [0.3, 0.4) is 0 Å². The molecular formula is C14H12ClNO3S. The van der Waals surface area contributed by atoms with E-state index in [0.29, 0.717) is 16.3 Å². The van der Waals surface area contributed by atoms with Gasteiger partial charge >= 0.3 is 0 Å². The van der Waals surface area contributed by atoms with Crippen LogP contribution in [0, 0.1) is 0 Å². The standard InChI is InChI=1S/C14H12ClNO3S/c1-19-12-6-7-14(16-10-12)20(17,18)9-8-11-4-2-3-5-13(11)15/h2-10H,1H3/b9-8+. The molecule has 4 nitrogen and oxygen atoms in total. The van der Waals surface area contributed by atoms with Crippen molar-refractivity contribution in [1.82, 2.24) is 4.98 Å². The number of rotatable bonds is 4. The van der Waals surface area contributed by atoms with Gasteiger partial charge in [0.1, 0.15) is 5.75 Å². The van der Waals surface area contributed by atoms with Crippen LogP contribution in [0.25, 0.3) is 6.08 Å². The lowest BCUT2D eigenvalue weighted by atomic mass is 10.2. The Morgan fingerprint density at radius 2 is 1.95 bits per heavy atom. The summed E-state index contributed by atoms with van der Waals surface area (Å²) in [7, 11) is -2.12. The van der Waals surface area contributed by atoms with Crippen molar-refractivity contribution in [1.29, 1.82) is 0 Å². The third kappa shape index (κ3) is 3.37. The fourth-order valence-electron chi connectivity index (χ4n) is 1.50. The number of halogens is 1. The Balaban J connectivity index is 2.29. The minimum Gasteiger partial charge on any atom is -0.495 e. The van der Waals surface area contributed by atoms with Crippen LogP contribution in [0.2, 0.25) is 5.02 Å². The first kappa shape index (κ1) is 14.6. The Morgan fingerprint density at radius 3 is 2.55 bits per heavy atom. The fourth-order valence-corrected chi connectivity index (χ4v) is 2.62. The largest absolute Gasteiger partial charge is 0.495 e. The molecule has 1 aromatic carbocycles. The average molecular weight is 310 g/mol. The number of nitrogens with zero attached hydrogens (tertiary/aromatic N) is 1. The molecular weight excluding hydrogens is 298 g/mol. The molecule has 0 spiro atoms.